The molecule has 0 radical (unpaired) electrons. The summed E-state index contributed by atoms with van der Waals surface area (Å²) >= 11 is 6.75. The van der Waals surface area contributed by atoms with E-state index >= 15 is 0 Å². The number of ether oxygens (including phenoxy) is 1. The van der Waals surface area contributed by atoms with Crippen molar-refractivity contribution in [1.82, 2.24) is 5.43 Å². The van der Waals surface area contributed by atoms with Crippen LogP contribution < -0.4 is 10.2 Å². The zero-order valence-electron chi connectivity index (χ0n) is 18.9. The van der Waals surface area contributed by atoms with Crippen molar-refractivity contribution in [2.75, 3.05) is 0 Å². The lowest BCUT2D eigenvalue weighted by Crippen LogP contribution is -2.43. The van der Waals surface area contributed by atoms with Gasteiger partial charge in [0.25, 0.3) is 5.91 Å². The lowest BCUT2D eigenvalue weighted by atomic mass is 9.85. The quantitative estimate of drug-likeness (QED) is 0.122. The summed E-state index contributed by atoms with van der Waals surface area (Å²) in [7, 11) is 0. The van der Waals surface area contributed by atoms with Crippen molar-refractivity contribution in [2.45, 2.75) is 12.2 Å². The Labute approximate surface area is 250 Å². The molecule has 0 bridgehead atoms. The summed E-state index contributed by atoms with van der Waals surface area (Å²) in [5, 5.41) is 15.6. The van der Waals surface area contributed by atoms with E-state index in [1.165, 1.54) is 3.57 Å². The van der Waals surface area contributed by atoms with Crippen LogP contribution in [0.15, 0.2) is 102 Å². The summed E-state index contributed by atoms with van der Waals surface area (Å²) in [6.45, 7) is 0.476. The van der Waals surface area contributed by atoms with E-state index in [0.29, 0.717) is 17.7 Å². The average Bonchev–Trinajstić information content (AvgIpc) is 2.89. The number of aliphatic hydroxyl groups is 1. The minimum absolute atomic E-state index is 0.461. The van der Waals surface area contributed by atoms with E-state index < -0.39 is 11.5 Å². The van der Waals surface area contributed by atoms with Crippen LogP contribution in [0, 0.1) is 10.7 Å². The van der Waals surface area contributed by atoms with E-state index in [2.05, 4.69) is 103 Å². The van der Waals surface area contributed by atoms with Crippen LogP contribution in [0.2, 0.25) is 0 Å². The van der Waals surface area contributed by atoms with Gasteiger partial charge in [-0.1, -0.05) is 72.8 Å². The normalized spacial score (nSPS) is 11.4. The van der Waals surface area contributed by atoms with Gasteiger partial charge in [-0.3, -0.25) is 4.79 Å². The Kier molecular flexibility index (Phi) is 9.36. The van der Waals surface area contributed by atoms with E-state index in [9.17, 15) is 9.90 Å². The van der Waals surface area contributed by atoms with Gasteiger partial charge in [-0.05, 0) is 114 Å². The Balaban J connectivity index is 1.49. The van der Waals surface area contributed by atoms with Gasteiger partial charge in [-0.25, -0.2) is 5.43 Å². The zero-order valence-corrected chi connectivity index (χ0v) is 25.3. The number of halogens is 3. The SMILES string of the molecule is O=C(N/N=C/c1cc(I)c(OCc2ccc(I)cc2)c(I)c1)C(O)(c1ccccc1)c1ccccc1. The van der Waals surface area contributed by atoms with Gasteiger partial charge in [0.1, 0.15) is 12.4 Å². The molecule has 0 aliphatic rings. The second kappa shape index (κ2) is 12.5. The third-order valence-electron chi connectivity index (χ3n) is 5.41. The first-order chi connectivity index (χ1) is 17.4. The monoisotopic (exact) mass is 814 g/mol. The maximum atomic E-state index is 13.2. The van der Waals surface area contributed by atoms with Gasteiger partial charge in [-0.15, -0.1) is 0 Å². The second-order valence-corrected chi connectivity index (χ2v) is 11.4. The molecule has 36 heavy (non-hydrogen) atoms. The van der Waals surface area contributed by atoms with E-state index in [1.54, 1.807) is 54.7 Å². The van der Waals surface area contributed by atoms with Gasteiger partial charge in [0.05, 0.1) is 13.4 Å². The number of rotatable bonds is 8. The third kappa shape index (κ3) is 6.45. The number of nitrogens with zero attached hydrogens (tertiary/aromatic N) is 1. The summed E-state index contributed by atoms with van der Waals surface area (Å²) in [6.07, 6.45) is 1.56. The Morgan fingerprint density at radius 3 is 1.92 bits per heavy atom. The van der Waals surface area contributed by atoms with Gasteiger partial charge in [-0.2, -0.15) is 5.10 Å². The van der Waals surface area contributed by atoms with Crippen molar-refractivity contribution in [2.24, 2.45) is 5.10 Å². The van der Waals surface area contributed by atoms with E-state index in [4.69, 9.17) is 4.74 Å². The summed E-state index contributed by atoms with van der Waals surface area (Å²) in [6, 6.07) is 29.8. The number of amides is 1. The molecule has 0 heterocycles. The molecule has 0 saturated carbocycles. The van der Waals surface area contributed by atoms with Gasteiger partial charge >= 0.3 is 0 Å². The maximum absolute atomic E-state index is 13.2. The largest absolute Gasteiger partial charge is 0.487 e. The maximum Gasteiger partial charge on any atom is 0.281 e. The fraction of sp³-hybridized carbons (Fsp3) is 0.0714. The number of hydrazone groups is 1. The smallest absolute Gasteiger partial charge is 0.281 e. The number of carbonyl (C=O) groups excluding carboxylic acids is 1. The Morgan fingerprint density at radius 1 is 0.861 bits per heavy atom. The van der Waals surface area contributed by atoms with Gasteiger partial charge in [0.15, 0.2) is 5.60 Å². The highest BCUT2D eigenvalue weighted by Gasteiger charge is 2.39. The zero-order chi connectivity index (χ0) is 25.5. The summed E-state index contributed by atoms with van der Waals surface area (Å²) in [5.41, 5.74) is 3.46. The molecule has 0 fully saturated rings. The summed E-state index contributed by atoms with van der Waals surface area (Å²) in [5.74, 6) is 0.163. The van der Waals surface area contributed by atoms with Crippen LogP contribution in [0.5, 0.6) is 5.75 Å². The number of hydrogen-bond acceptors (Lipinski definition) is 4. The predicted molar refractivity (Wildman–Crippen MR) is 167 cm³/mol. The first-order valence-corrected chi connectivity index (χ1v) is 14.1. The Bertz CT molecular complexity index is 1300. The van der Waals surface area contributed by atoms with Crippen LogP contribution in [0.1, 0.15) is 22.3 Å². The molecular weight excluding hydrogens is 793 g/mol. The van der Waals surface area contributed by atoms with Crippen LogP contribution in [-0.2, 0) is 17.0 Å². The first kappa shape index (κ1) is 27.0. The minimum Gasteiger partial charge on any atom is -0.487 e. The van der Waals surface area contributed by atoms with Crippen LogP contribution in [0.3, 0.4) is 0 Å². The lowest BCUT2D eigenvalue weighted by Gasteiger charge is -2.27. The van der Waals surface area contributed by atoms with Crippen LogP contribution in [-0.4, -0.2) is 17.2 Å². The average molecular weight is 814 g/mol. The van der Waals surface area contributed by atoms with Gasteiger partial charge in [0.2, 0.25) is 0 Å². The minimum atomic E-state index is -1.88. The molecule has 2 N–H and O–H groups in total. The van der Waals surface area contributed by atoms with Crippen LogP contribution in [0.4, 0.5) is 0 Å². The highest BCUT2D eigenvalue weighted by atomic mass is 127. The topological polar surface area (TPSA) is 70.9 Å². The van der Waals surface area contributed by atoms with Crippen molar-refractivity contribution in [3.05, 3.63) is 130 Å². The summed E-state index contributed by atoms with van der Waals surface area (Å²) in [4.78, 5) is 13.2. The molecule has 4 aromatic rings. The predicted octanol–water partition coefficient (Wildman–Crippen LogP) is 6.47. The molecule has 0 spiro atoms. The molecule has 0 aliphatic carbocycles. The number of benzene rings is 4. The highest BCUT2D eigenvalue weighted by molar-refractivity contribution is 14.1. The molecule has 1 amide bonds. The van der Waals surface area contributed by atoms with Crippen molar-refractivity contribution in [3.8, 4) is 5.75 Å². The van der Waals surface area contributed by atoms with Gasteiger partial charge in [0, 0.05) is 3.57 Å². The van der Waals surface area contributed by atoms with Crippen LogP contribution in [0.25, 0.3) is 0 Å². The fourth-order valence-corrected chi connectivity index (χ4v) is 6.05. The van der Waals surface area contributed by atoms with Crippen molar-refractivity contribution >= 4 is 79.9 Å². The molecule has 0 aliphatic heterocycles. The molecule has 182 valence electrons. The molecule has 0 atom stereocenters. The molecule has 0 aromatic heterocycles. The second-order valence-electron chi connectivity index (χ2n) is 7.87. The molecule has 0 saturated heterocycles. The number of nitrogens with one attached hydrogen (secondary N) is 1. The lowest BCUT2D eigenvalue weighted by molar-refractivity contribution is -0.136. The first-order valence-electron chi connectivity index (χ1n) is 10.9. The molecule has 4 rings (SSSR count). The molecule has 8 heteroatoms. The molecule has 0 unspecified atom stereocenters. The Morgan fingerprint density at radius 2 is 1.39 bits per heavy atom. The number of carbonyl (C=O) groups is 1. The molecule has 4 aromatic carbocycles. The fourth-order valence-electron chi connectivity index (χ4n) is 3.56. The van der Waals surface area contributed by atoms with Crippen molar-refractivity contribution in [1.29, 1.82) is 0 Å². The third-order valence-corrected chi connectivity index (χ3v) is 7.73. The Hall–Kier alpha value is -2.03. The van der Waals surface area contributed by atoms with Gasteiger partial charge < -0.3 is 9.84 Å². The molecule has 5 nitrogen and oxygen atoms in total. The van der Waals surface area contributed by atoms with E-state index in [-0.39, 0.29) is 0 Å². The van der Waals surface area contributed by atoms with E-state index in [0.717, 1.165) is 24.0 Å². The van der Waals surface area contributed by atoms with Crippen molar-refractivity contribution in [3.63, 3.8) is 0 Å². The highest BCUT2D eigenvalue weighted by Crippen LogP contribution is 2.31. The standard InChI is InChI=1S/C28H21I3N2O3/c29-23-13-11-19(12-14-23)18-36-26-24(30)15-20(16-25(26)31)17-32-33-27(34)28(35,21-7-3-1-4-8-21)22-9-5-2-6-10-22/h1-17,35H,18H2,(H,33,34)/b32-17+. The van der Waals surface area contributed by atoms with Crippen molar-refractivity contribution < 1.29 is 14.6 Å². The molecular formula is C28H21I3N2O3. The van der Waals surface area contributed by atoms with Crippen LogP contribution >= 0.6 is 67.8 Å². The summed E-state index contributed by atoms with van der Waals surface area (Å²) < 4.78 is 9.12. The van der Waals surface area contributed by atoms with E-state index in [1.807, 2.05) is 24.3 Å². The number of hydrogen-bond donors (Lipinski definition) is 2.